The topological polar surface area (TPSA) is 93.7 Å². The summed E-state index contributed by atoms with van der Waals surface area (Å²) in [5.74, 6) is -0.762. The predicted molar refractivity (Wildman–Crippen MR) is 110 cm³/mol. The van der Waals surface area contributed by atoms with Gasteiger partial charge in [0.25, 0.3) is 0 Å². The highest BCUT2D eigenvalue weighted by atomic mass is 16.5. The maximum atomic E-state index is 12.7. The van der Waals surface area contributed by atoms with Gasteiger partial charge in [-0.25, -0.2) is 4.79 Å². The number of carbonyl (C=O) groups is 3. The zero-order valence-corrected chi connectivity index (χ0v) is 17.1. The fourth-order valence-electron chi connectivity index (χ4n) is 2.70. The molecule has 2 N–H and O–H groups in total. The zero-order valence-electron chi connectivity index (χ0n) is 17.1. The molecule has 0 fully saturated rings. The molecule has 0 aromatic heterocycles. The second kappa shape index (κ2) is 9.73. The minimum atomic E-state index is -1.34. The third kappa shape index (κ3) is 5.34. The number of hydrogen-bond donors (Lipinski definition) is 2. The summed E-state index contributed by atoms with van der Waals surface area (Å²) in [5, 5.41) is 5.44. The quantitative estimate of drug-likeness (QED) is 0.527. The third-order valence-electron chi connectivity index (χ3n) is 4.59. The van der Waals surface area contributed by atoms with Crippen LogP contribution in [0.3, 0.4) is 0 Å². The molecule has 0 bridgehead atoms. The van der Waals surface area contributed by atoms with E-state index in [9.17, 15) is 14.4 Å². The van der Waals surface area contributed by atoms with E-state index in [0.29, 0.717) is 18.7 Å². The van der Waals surface area contributed by atoms with Crippen LogP contribution >= 0.6 is 0 Å². The van der Waals surface area contributed by atoms with Crippen molar-refractivity contribution < 1.29 is 23.9 Å². The highest BCUT2D eigenvalue weighted by Gasteiger charge is 2.36. The second-order valence-corrected chi connectivity index (χ2v) is 6.93. The van der Waals surface area contributed by atoms with Crippen molar-refractivity contribution in [1.82, 2.24) is 5.32 Å². The molecule has 0 aliphatic heterocycles. The molecular formula is C22H26N2O5. The van der Waals surface area contributed by atoms with Crippen molar-refractivity contribution in [3.05, 3.63) is 59.7 Å². The molecule has 0 saturated heterocycles. The van der Waals surface area contributed by atoms with Gasteiger partial charge in [-0.1, -0.05) is 30.3 Å². The molecule has 0 atom stereocenters. The van der Waals surface area contributed by atoms with Gasteiger partial charge >= 0.3 is 5.97 Å². The number of para-hydroxylation sites is 2. The van der Waals surface area contributed by atoms with Crippen LogP contribution in [0, 0.1) is 5.41 Å². The Labute approximate surface area is 170 Å². The number of rotatable bonds is 8. The molecule has 2 aromatic carbocycles. The summed E-state index contributed by atoms with van der Waals surface area (Å²) in [7, 11) is 2.86. The first-order valence-electron chi connectivity index (χ1n) is 9.20. The van der Waals surface area contributed by atoms with Crippen LogP contribution in [0.5, 0.6) is 5.75 Å². The Morgan fingerprint density at radius 2 is 1.59 bits per heavy atom. The maximum Gasteiger partial charge on any atom is 0.339 e. The van der Waals surface area contributed by atoms with E-state index in [2.05, 4.69) is 10.6 Å². The molecule has 0 aliphatic rings. The van der Waals surface area contributed by atoms with Crippen molar-refractivity contribution in [3.8, 4) is 5.75 Å². The Bertz CT molecular complexity index is 892. The largest absolute Gasteiger partial charge is 0.496 e. The van der Waals surface area contributed by atoms with E-state index in [1.807, 2.05) is 24.3 Å². The molecule has 0 aliphatic carbocycles. The molecule has 7 nitrogen and oxygen atoms in total. The summed E-state index contributed by atoms with van der Waals surface area (Å²) in [6, 6.07) is 14.0. The summed E-state index contributed by atoms with van der Waals surface area (Å²) in [4.78, 5) is 37.2. The lowest BCUT2D eigenvalue weighted by Gasteiger charge is -2.23. The van der Waals surface area contributed by atoms with Crippen LogP contribution in [0.1, 0.15) is 29.8 Å². The number of benzene rings is 2. The van der Waals surface area contributed by atoms with Crippen molar-refractivity contribution in [2.75, 3.05) is 26.1 Å². The summed E-state index contributed by atoms with van der Waals surface area (Å²) >= 11 is 0. The van der Waals surface area contributed by atoms with Gasteiger partial charge in [-0.2, -0.15) is 0 Å². The van der Waals surface area contributed by atoms with Crippen molar-refractivity contribution in [1.29, 1.82) is 0 Å². The molecule has 0 unspecified atom stereocenters. The maximum absolute atomic E-state index is 12.7. The van der Waals surface area contributed by atoms with E-state index in [4.69, 9.17) is 9.47 Å². The molecule has 29 heavy (non-hydrogen) atoms. The summed E-state index contributed by atoms with van der Waals surface area (Å²) < 4.78 is 10.0. The number of carbonyl (C=O) groups excluding carboxylic acids is 3. The second-order valence-electron chi connectivity index (χ2n) is 6.93. The summed E-state index contributed by atoms with van der Waals surface area (Å²) in [5.41, 5.74) is 0.129. The van der Waals surface area contributed by atoms with E-state index in [1.54, 1.807) is 31.4 Å². The Hall–Kier alpha value is -3.35. The average Bonchev–Trinajstić information content (AvgIpc) is 2.73. The lowest BCUT2D eigenvalue weighted by Crippen LogP contribution is -2.45. The van der Waals surface area contributed by atoms with Gasteiger partial charge in [-0.3, -0.25) is 9.59 Å². The molecule has 0 spiro atoms. The van der Waals surface area contributed by atoms with E-state index in [1.165, 1.54) is 21.0 Å². The van der Waals surface area contributed by atoms with Gasteiger partial charge in [0, 0.05) is 6.54 Å². The highest BCUT2D eigenvalue weighted by molar-refractivity contribution is 6.11. The molecule has 2 amide bonds. The number of esters is 1. The van der Waals surface area contributed by atoms with Crippen LogP contribution in [0.15, 0.2) is 48.5 Å². The van der Waals surface area contributed by atoms with Gasteiger partial charge in [-0.15, -0.1) is 0 Å². The van der Waals surface area contributed by atoms with E-state index >= 15 is 0 Å². The molecule has 0 saturated carbocycles. The van der Waals surface area contributed by atoms with Crippen LogP contribution < -0.4 is 15.4 Å². The Kier molecular flexibility index (Phi) is 7.36. The number of amides is 2. The lowest BCUT2D eigenvalue weighted by atomic mass is 9.90. The Balaban J connectivity index is 2.01. The van der Waals surface area contributed by atoms with E-state index in [0.717, 1.165) is 11.3 Å². The average molecular weight is 398 g/mol. The number of hydrogen-bond acceptors (Lipinski definition) is 5. The molecule has 7 heteroatoms. The smallest absolute Gasteiger partial charge is 0.339 e. The van der Waals surface area contributed by atoms with Crippen LogP contribution in [0.4, 0.5) is 5.69 Å². The number of anilines is 1. The predicted octanol–water partition coefficient (Wildman–Crippen LogP) is 2.81. The first-order valence-corrected chi connectivity index (χ1v) is 9.20. The Morgan fingerprint density at radius 3 is 2.28 bits per heavy atom. The fraction of sp³-hybridized carbons (Fsp3) is 0.318. The van der Waals surface area contributed by atoms with Crippen molar-refractivity contribution >= 4 is 23.5 Å². The number of ether oxygens (including phenoxy) is 2. The molecule has 2 rings (SSSR count). The monoisotopic (exact) mass is 398 g/mol. The standard InChI is InChI=1S/C22H26N2O5/c1-22(2,20(26)23-14-13-15-9-5-8-12-18(15)28-3)21(27)24-17-11-7-6-10-16(17)19(25)29-4/h5-12H,13-14H2,1-4H3,(H,23,26)(H,24,27). The normalized spacial score (nSPS) is 10.8. The van der Waals surface area contributed by atoms with E-state index in [-0.39, 0.29) is 5.56 Å². The van der Waals surface area contributed by atoms with Gasteiger partial charge in [0.05, 0.1) is 25.5 Å². The van der Waals surface area contributed by atoms with Crippen LogP contribution in [-0.4, -0.2) is 38.5 Å². The Morgan fingerprint density at radius 1 is 0.931 bits per heavy atom. The van der Waals surface area contributed by atoms with Gasteiger partial charge in [-0.05, 0) is 44.0 Å². The van der Waals surface area contributed by atoms with Gasteiger partial charge in [0.1, 0.15) is 11.2 Å². The minimum absolute atomic E-state index is 0.218. The zero-order chi connectivity index (χ0) is 21.4. The number of nitrogens with one attached hydrogen (secondary N) is 2. The van der Waals surface area contributed by atoms with E-state index < -0.39 is 23.2 Å². The first-order chi connectivity index (χ1) is 13.8. The van der Waals surface area contributed by atoms with Crippen molar-refractivity contribution in [2.45, 2.75) is 20.3 Å². The highest BCUT2D eigenvalue weighted by Crippen LogP contribution is 2.22. The SMILES string of the molecule is COC(=O)c1ccccc1NC(=O)C(C)(C)C(=O)NCCc1ccccc1OC. The van der Waals surface area contributed by atoms with Crippen LogP contribution in [-0.2, 0) is 20.7 Å². The van der Waals surface area contributed by atoms with Gasteiger partial charge in [0.15, 0.2) is 0 Å². The molecule has 0 heterocycles. The van der Waals surface area contributed by atoms with Crippen molar-refractivity contribution in [2.24, 2.45) is 5.41 Å². The van der Waals surface area contributed by atoms with Gasteiger partial charge < -0.3 is 20.1 Å². The number of methoxy groups -OCH3 is 2. The fourth-order valence-corrected chi connectivity index (χ4v) is 2.70. The summed E-state index contributed by atoms with van der Waals surface area (Å²) in [6.07, 6.45) is 0.568. The lowest BCUT2D eigenvalue weighted by molar-refractivity contribution is -0.138. The van der Waals surface area contributed by atoms with Crippen LogP contribution in [0.2, 0.25) is 0 Å². The first kappa shape index (κ1) is 21.9. The molecule has 154 valence electrons. The van der Waals surface area contributed by atoms with Gasteiger partial charge in [0.2, 0.25) is 11.8 Å². The molecule has 2 aromatic rings. The molecular weight excluding hydrogens is 372 g/mol. The minimum Gasteiger partial charge on any atom is -0.496 e. The van der Waals surface area contributed by atoms with Crippen LogP contribution in [0.25, 0.3) is 0 Å². The molecule has 0 radical (unpaired) electrons. The third-order valence-corrected chi connectivity index (χ3v) is 4.59. The summed E-state index contributed by atoms with van der Waals surface area (Å²) in [6.45, 7) is 3.41. The van der Waals surface area contributed by atoms with Crippen molar-refractivity contribution in [3.63, 3.8) is 0 Å².